The number of carbonyl (C=O) groups is 1. The number of piperazine rings is 1. The van der Waals surface area contributed by atoms with Crippen LogP contribution in [0, 0.1) is 0 Å². The van der Waals surface area contributed by atoms with E-state index in [0.717, 1.165) is 44.3 Å². The summed E-state index contributed by atoms with van der Waals surface area (Å²) in [5, 5.41) is 0. The van der Waals surface area contributed by atoms with Crippen LogP contribution in [0.4, 0.5) is 0 Å². The predicted octanol–water partition coefficient (Wildman–Crippen LogP) is 1.97. The average Bonchev–Trinajstić information content (AvgIpc) is 2.99. The van der Waals surface area contributed by atoms with E-state index in [1.165, 1.54) is 25.7 Å². The summed E-state index contributed by atoms with van der Waals surface area (Å²) >= 11 is 0. The highest BCUT2D eigenvalue weighted by atomic mass is 16.2. The lowest BCUT2D eigenvalue weighted by Crippen LogP contribution is -2.52. The second-order valence-electron chi connectivity index (χ2n) is 6.62. The molecule has 0 aromatic carbocycles. The van der Waals surface area contributed by atoms with E-state index in [9.17, 15) is 4.79 Å². The fourth-order valence-corrected chi connectivity index (χ4v) is 3.55. The van der Waals surface area contributed by atoms with E-state index >= 15 is 0 Å². The Morgan fingerprint density at radius 2 is 1.81 bits per heavy atom. The van der Waals surface area contributed by atoms with Crippen molar-refractivity contribution in [2.45, 2.75) is 45.6 Å². The first-order valence-electron chi connectivity index (χ1n) is 8.48. The van der Waals surface area contributed by atoms with Gasteiger partial charge in [0, 0.05) is 45.3 Å². The number of carbonyl (C=O) groups excluding carboxylic acids is 1. The van der Waals surface area contributed by atoms with Crippen molar-refractivity contribution in [2.24, 2.45) is 0 Å². The van der Waals surface area contributed by atoms with Crippen LogP contribution in [0.25, 0.3) is 0 Å². The minimum absolute atomic E-state index is 0.245. The standard InChI is InChI=1S/C17H31N3O/c1-4-19(13-15(2)3)17(21)14-18-9-11-20(12-10-18)16-7-5-6-8-16/h16H,2,4-14H2,1,3H3. The largest absolute Gasteiger partial charge is 0.338 e. The predicted molar refractivity (Wildman–Crippen MR) is 87.3 cm³/mol. The zero-order valence-corrected chi connectivity index (χ0v) is 13.8. The van der Waals surface area contributed by atoms with Gasteiger partial charge in [-0.25, -0.2) is 0 Å². The van der Waals surface area contributed by atoms with Crippen molar-refractivity contribution in [2.75, 3.05) is 45.8 Å². The number of hydrogen-bond acceptors (Lipinski definition) is 3. The van der Waals surface area contributed by atoms with Gasteiger partial charge in [-0.05, 0) is 26.7 Å². The Kier molecular flexibility index (Phi) is 6.24. The van der Waals surface area contributed by atoms with Crippen LogP contribution >= 0.6 is 0 Å². The maximum Gasteiger partial charge on any atom is 0.237 e. The molecule has 0 bridgehead atoms. The lowest BCUT2D eigenvalue weighted by atomic mass is 10.2. The summed E-state index contributed by atoms with van der Waals surface area (Å²) in [6, 6.07) is 0.818. The zero-order chi connectivity index (χ0) is 15.2. The van der Waals surface area contributed by atoms with Gasteiger partial charge >= 0.3 is 0 Å². The molecule has 0 radical (unpaired) electrons. The highest BCUT2D eigenvalue weighted by molar-refractivity contribution is 5.78. The van der Waals surface area contributed by atoms with Gasteiger partial charge in [0.05, 0.1) is 6.54 Å². The molecule has 2 fully saturated rings. The molecule has 4 heteroatoms. The number of rotatable bonds is 6. The highest BCUT2D eigenvalue weighted by Crippen LogP contribution is 2.24. The monoisotopic (exact) mass is 293 g/mol. The van der Waals surface area contributed by atoms with E-state index in [0.29, 0.717) is 13.1 Å². The Bertz CT molecular complexity index is 355. The van der Waals surface area contributed by atoms with Gasteiger partial charge in [-0.2, -0.15) is 0 Å². The second kappa shape index (κ2) is 7.95. The van der Waals surface area contributed by atoms with Crippen molar-refractivity contribution >= 4 is 5.91 Å². The van der Waals surface area contributed by atoms with Gasteiger partial charge < -0.3 is 4.90 Å². The molecular weight excluding hydrogens is 262 g/mol. The quantitative estimate of drug-likeness (QED) is 0.701. The molecule has 2 rings (SSSR count). The Morgan fingerprint density at radius 3 is 2.33 bits per heavy atom. The first-order chi connectivity index (χ1) is 10.1. The Hall–Kier alpha value is -0.870. The maximum absolute atomic E-state index is 12.3. The molecule has 0 unspecified atom stereocenters. The second-order valence-corrected chi connectivity index (χ2v) is 6.62. The lowest BCUT2D eigenvalue weighted by molar-refractivity contribution is -0.132. The van der Waals surface area contributed by atoms with Crippen LogP contribution in [0.3, 0.4) is 0 Å². The van der Waals surface area contributed by atoms with Crippen LogP contribution in [0.2, 0.25) is 0 Å². The molecular formula is C17H31N3O. The number of hydrogen-bond donors (Lipinski definition) is 0. The molecule has 0 N–H and O–H groups in total. The molecule has 1 saturated carbocycles. The van der Waals surface area contributed by atoms with Crippen molar-refractivity contribution in [1.82, 2.24) is 14.7 Å². The molecule has 0 spiro atoms. The van der Waals surface area contributed by atoms with Gasteiger partial charge in [-0.3, -0.25) is 14.6 Å². The zero-order valence-electron chi connectivity index (χ0n) is 13.8. The normalized spacial score (nSPS) is 21.6. The van der Waals surface area contributed by atoms with Crippen molar-refractivity contribution in [3.63, 3.8) is 0 Å². The SMILES string of the molecule is C=C(C)CN(CC)C(=O)CN1CCN(C2CCCC2)CC1. The van der Waals surface area contributed by atoms with Crippen molar-refractivity contribution in [3.8, 4) is 0 Å². The van der Waals surface area contributed by atoms with Crippen molar-refractivity contribution in [1.29, 1.82) is 0 Å². The van der Waals surface area contributed by atoms with E-state index < -0.39 is 0 Å². The fraction of sp³-hybridized carbons (Fsp3) is 0.824. The van der Waals surface area contributed by atoms with Crippen LogP contribution in [0.5, 0.6) is 0 Å². The van der Waals surface area contributed by atoms with E-state index in [4.69, 9.17) is 0 Å². The van der Waals surface area contributed by atoms with Crippen LogP contribution in [-0.4, -0.2) is 72.5 Å². The highest BCUT2D eigenvalue weighted by Gasteiger charge is 2.27. The minimum atomic E-state index is 0.245. The van der Waals surface area contributed by atoms with Gasteiger partial charge in [-0.15, -0.1) is 0 Å². The smallest absolute Gasteiger partial charge is 0.237 e. The molecule has 1 aliphatic heterocycles. The third kappa shape index (κ3) is 4.82. The van der Waals surface area contributed by atoms with E-state index in [-0.39, 0.29) is 5.91 Å². The summed E-state index contributed by atoms with van der Waals surface area (Å²) in [7, 11) is 0. The number of likely N-dealkylation sites (N-methyl/N-ethyl adjacent to an activating group) is 1. The molecule has 4 nitrogen and oxygen atoms in total. The topological polar surface area (TPSA) is 26.8 Å². The third-order valence-corrected chi connectivity index (χ3v) is 4.80. The van der Waals surface area contributed by atoms with E-state index in [1.807, 2.05) is 18.7 Å². The molecule has 0 aromatic heterocycles. The van der Waals surface area contributed by atoms with Gasteiger partial charge in [0.1, 0.15) is 0 Å². The van der Waals surface area contributed by atoms with Crippen LogP contribution in [-0.2, 0) is 4.79 Å². The molecule has 1 aliphatic carbocycles. The summed E-state index contributed by atoms with van der Waals surface area (Å²) in [5.41, 5.74) is 1.05. The first-order valence-corrected chi connectivity index (χ1v) is 8.48. The summed E-state index contributed by atoms with van der Waals surface area (Å²) in [6.45, 7) is 14.3. The summed E-state index contributed by atoms with van der Waals surface area (Å²) in [6.07, 6.45) is 5.55. The maximum atomic E-state index is 12.3. The molecule has 21 heavy (non-hydrogen) atoms. The van der Waals surface area contributed by atoms with Crippen LogP contribution in [0.1, 0.15) is 39.5 Å². The Labute approximate surface area is 129 Å². The molecule has 1 amide bonds. The van der Waals surface area contributed by atoms with Crippen LogP contribution in [0.15, 0.2) is 12.2 Å². The van der Waals surface area contributed by atoms with E-state index in [1.54, 1.807) is 0 Å². The molecule has 1 saturated heterocycles. The van der Waals surface area contributed by atoms with Crippen LogP contribution < -0.4 is 0 Å². The molecule has 1 heterocycles. The summed E-state index contributed by atoms with van der Waals surface area (Å²) in [4.78, 5) is 19.2. The van der Waals surface area contributed by atoms with Gasteiger partial charge in [0.15, 0.2) is 0 Å². The minimum Gasteiger partial charge on any atom is -0.338 e. The molecule has 0 atom stereocenters. The number of nitrogens with zero attached hydrogens (tertiary/aromatic N) is 3. The molecule has 120 valence electrons. The van der Waals surface area contributed by atoms with E-state index in [2.05, 4.69) is 16.4 Å². The average molecular weight is 293 g/mol. The van der Waals surface area contributed by atoms with Gasteiger partial charge in [-0.1, -0.05) is 25.0 Å². The lowest BCUT2D eigenvalue weighted by Gasteiger charge is -2.38. The van der Waals surface area contributed by atoms with Crippen molar-refractivity contribution < 1.29 is 4.79 Å². The van der Waals surface area contributed by atoms with Gasteiger partial charge in [0.2, 0.25) is 5.91 Å². The third-order valence-electron chi connectivity index (χ3n) is 4.80. The fourth-order valence-electron chi connectivity index (χ4n) is 3.55. The Morgan fingerprint density at radius 1 is 1.19 bits per heavy atom. The number of amides is 1. The summed E-state index contributed by atoms with van der Waals surface area (Å²) < 4.78 is 0. The Balaban J connectivity index is 1.74. The van der Waals surface area contributed by atoms with Crippen molar-refractivity contribution in [3.05, 3.63) is 12.2 Å². The first kappa shape index (κ1) is 16.5. The summed E-state index contributed by atoms with van der Waals surface area (Å²) in [5.74, 6) is 0.245. The molecule has 0 aromatic rings. The van der Waals surface area contributed by atoms with Gasteiger partial charge in [0.25, 0.3) is 0 Å². The molecule has 2 aliphatic rings.